The highest BCUT2D eigenvalue weighted by Gasteiger charge is 2.25. The number of carbonyl (C=O) groups excluding carboxylic acids is 1. The highest BCUT2D eigenvalue weighted by molar-refractivity contribution is 7.17. The molecule has 1 aliphatic rings. The van der Waals surface area contributed by atoms with E-state index in [0.717, 1.165) is 22.3 Å². The van der Waals surface area contributed by atoms with Crippen molar-refractivity contribution in [2.45, 2.75) is 39.3 Å². The highest BCUT2D eigenvalue weighted by atomic mass is 32.1. The Morgan fingerprint density at radius 2 is 1.86 bits per heavy atom. The van der Waals surface area contributed by atoms with Gasteiger partial charge in [-0.1, -0.05) is 35.9 Å². The van der Waals surface area contributed by atoms with Gasteiger partial charge in [0, 0.05) is 23.9 Å². The lowest BCUT2D eigenvalue weighted by Crippen LogP contribution is -2.41. The maximum absolute atomic E-state index is 13.3. The molecule has 0 spiro atoms. The molecule has 1 N–H and O–H groups in total. The lowest BCUT2D eigenvalue weighted by molar-refractivity contribution is -0.123. The molecule has 1 aliphatic heterocycles. The predicted octanol–water partition coefficient (Wildman–Crippen LogP) is 4.65. The van der Waals surface area contributed by atoms with Gasteiger partial charge >= 0.3 is 0 Å². The molecular formula is C27H27N3O4S. The molecule has 0 unspecified atom stereocenters. The largest absolute Gasteiger partial charge is 0.486 e. The molecule has 4 aromatic rings. The molecule has 0 saturated carbocycles. The van der Waals surface area contributed by atoms with E-state index in [2.05, 4.69) is 10.3 Å². The van der Waals surface area contributed by atoms with Gasteiger partial charge in [0.25, 0.3) is 5.56 Å². The van der Waals surface area contributed by atoms with E-state index in [1.807, 2.05) is 68.6 Å². The first-order valence-electron chi connectivity index (χ1n) is 11.6. The zero-order valence-electron chi connectivity index (χ0n) is 20.0. The van der Waals surface area contributed by atoms with Gasteiger partial charge in [0.05, 0.1) is 17.3 Å². The first-order chi connectivity index (χ1) is 16.8. The normalized spacial score (nSPS) is 13.1. The minimum atomic E-state index is -0.619. The van der Waals surface area contributed by atoms with Gasteiger partial charge in [-0.15, -0.1) is 11.3 Å². The van der Waals surface area contributed by atoms with Gasteiger partial charge in [-0.25, -0.2) is 4.98 Å². The minimum Gasteiger partial charge on any atom is -0.486 e. The van der Waals surface area contributed by atoms with E-state index in [1.54, 1.807) is 0 Å². The van der Waals surface area contributed by atoms with Crippen LogP contribution < -0.4 is 20.3 Å². The summed E-state index contributed by atoms with van der Waals surface area (Å²) in [7, 11) is 0. The fourth-order valence-electron chi connectivity index (χ4n) is 4.21. The first kappa shape index (κ1) is 23.1. The van der Waals surface area contributed by atoms with Gasteiger partial charge in [-0.3, -0.25) is 14.2 Å². The van der Waals surface area contributed by atoms with E-state index >= 15 is 0 Å². The number of ether oxygens (including phenoxy) is 2. The molecule has 0 atom stereocenters. The Morgan fingerprint density at radius 3 is 2.63 bits per heavy atom. The summed E-state index contributed by atoms with van der Waals surface area (Å²) in [5.41, 5.74) is 3.18. The Hall–Kier alpha value is -3.65. The summed E-state index contributed by atoms with van der Waals surface area (Å²) in [4.78, 5) is 31.3. The molecular weight excluding hydrogens is 462 g/mol. The fraction of sp³-hybridized carbons (Fsp3) is 0.296. The van der Waals surface area contributed by atoms with Gasteiger partial charge in [0.1, 0.15) is 18.0 Å². The zero-order chi connectivity index (χ0) is 24.6. The number of aryl methyl sites for hydroxylation is 2. The Labute approximate surface area is 207 Å². The number of nitrogens with one attached hydrogen (secondary N) is 1. The van der Waals surface area contributed by atoms with Crippen LogP contribution in [0.5, 0.6) is 11.5 Å². The topological polar surface area (TPSA) is 82.5 Å². The maximum atomic E-state index is 13.3. The number of hydrogen-bond donors (Lipinski definition) is 1. The molecule has 7 nitrogen and oxygen atoms in total. The average Bonchev–Trinajstić information content (AvgIpc) is 3.28. The molecule has 0 fully saturated rings. The molecule has 0 aliphatic carbocycles. The van der Waals surface area contributed by atoms with Crippen molar-refractivity contribution in [2.75, 3.05) is 13.2 Å². The van der Waals surface area contributed by atoms with Crippen LogP contribution in [0.25, 0.3) is 21.3 Å². The van der Waals surface area contributed by atoms with E-state index in [0.29, 0.717) is 34.9 Å². The summed E-state index contributed by atoms with van der Waals surface area (Å²) in [6.07, 6.45) is 1.68. The van der Waals surface area contributed by atoms with Crippen LogP contribution >= 0.6 is 11.3 Å². The van der Waals surface area contributed by atoms with Crippen LogP contribution in [-0.2, 0) is 16.9 Å². The molecule has 180 valence electrons. The summed E-state index contributed by atoms with van der Waals surface area (Å²) < 4.78 is 12.8. The third-order valence-corrected chi connectivity index (χ3v) is 7.11. The van der Waals surface area contributed by atoms with Crippen molar-refractivity contribution in [2.24, 2.45) is 0 Å². The van der Waals surface area contributed by atoms with Gasteiger partial charge in [-0.2, -0.15) is 0 Å². The van der Waals surface area contributed by atoms with Crippen molar-refractivity contribution >= 4 is 27.5 Å². The molecule has 0 bridgehead atoms. The minimum absolute atomic E-state index is 0.134. The average molecular weight is 490 g/mol. The summed E-state index contributed by atoms with van der Waals surface area (Å²) in [6.45, 7) is 7.19. The summed E-state index contributed by atoms with van der Waals surface area (Å²) in [5.74, 6) is 1.24. The molecule has 0 radical (unpaired) electrons. The molecule has 35 heavy (non-hydrogen) atoms. The Morgan fingerprint density at radius 1 is 1.11 bits per heavy atom. The van der Waals surface area contributed by atoms with Crippen LogP contribution in [0.1, 0.15) is 31.4 Å². The second-order valence-corrected chi connectivity index (χ2v) is 10.1. The molecule has 8 heteroatoms. The predicted molar refractivity (Wildman–Crippen MR) is 137 cm³/mol. The Kier molecular flexibility index (Phi) is 6.06. The SMILES string of the molecule is Cc1ccc(-c2csc3ncn(CCC(=O)NC(C)(C)c4ccc5c(c4)OCCO5)c(=O)c23)cc1. The fourth-order valence-corrected chi connectivity index (χ4v) is 5.12. The van der Waals surface area contributed by atoms with Crippen molar-refractivity contribution in [3.63, 3.8) is 0 Å². The molecule has 2 aromatic heterocycles. The van der Waals surface area contributed by atoms with Gasteiger partial charge < -0.3 is 14.8 Å². The van der Waals surface area contributed by atoms with Crippen molar-refractivity contribution in [3.05, 3.63) is 75.7 Å². The lowest BCUT2D eigenvalue weighted by atomic mass is 9.93. The van der Waals surface area contributed by atoms with Gasteiger partial charge in [0.2, 0.25) is 5.91 Å². The molecule has 0 saturated heterocycles. The summed E-state index contributed by atoms with van der Waals surface area (Å²) >= 11 is 1.45. The smallest absolute Gasteiger partial charge is 0.262 e. The van der Waals surface area contributed by atoms with E-state index < -0.39 is 5.54 Å². The summed E-state index contributed by atoms with van der Waals surface area (Å²) in [5, 5.41) is 5.64. The van der Waals surface area contributed by atoms with Crippen LogP contribution in [0.2, 0.25) is 0 Å². The number of aromatic nitrogens is 2. The van der Waals surface area contributed by atoms with E-state index in [4.69, 9.17) is 9.47 Å². The van der Waals surface area contributed by atoms with E-state index in [1.165, 1.54) is 22.2 Å². The quantitative estimate of drug-likeness (QED) is 0.427. The van der Waals surface area contributed by atoms with Crippen LogP contribution in [0.15, 0.2) is 59.0 Å². The first-order valence-corrected chi connectivity index (χ1v) is 12.4. The third-order valence-electron chi connectivity index (χ3n) is 6.22. The second kappa shape index (κ2) is 9.19. The number of rotatable bonds is 6. The van der Waals surface area contributed by atoms with Gasteiger partial charge in [-0.05, 0) is 44.0 Å². The number of amides is 1. The lowest BCUT2D eigenvalue weighted by Gasteiger charge is -2.29. The number of carbonyl (C=O) groups is 1. The number of fused-ring (bicyclic) bond motifs is 2. The van der Waals surface area contributed by atoms with Crippen LogP contribution in [0, 0.1) is 6.92 Å². The molecule has 2 aromatic carbocycles. The Balaban J connectivity index is 1.31. The van der Waals surface area contributed by atoms with Crippen molar-refractivity contribution in [3.8, 4) is 22.6 Å². The number of thiophene rings is 1. The van der Waals surface area contributed by atoms with E-state index in [9.17, 15) is 9.59 Å². The van der Waals surface area contributed by atoms with Gasteiger partial charge in [0.15, 0.2) is 11.5 Å². The number of hydrogen-bond acceptors (Lipinski definition) is 6. The van der Waals surface area contributed by atoms with E-state index in [-0.39, 0.29) is 24.4 Å². The van der Waals surface area contributed by atoms with Crippen LogP contribution in [0.4, 0.5) is 0 Å². The number of benzene rings is 2. The standard InChI is InChI=1S/C27H27N3O4S/c1-17-4-6-18(7-5-17)20-15-35-25-24(20)26(32)30(16-28-25)11-10-23(31)29-27(2,3)19-8-9-21-22(14-19)34-13-12-33-21/h4-9,14-16H,10-13H2,1-3H3,(H,29,31). The third kappa shape index (κ3) is 4.66. The van der Waals surface area contributed by atoms with Crippen molar-refractivity contribution < 1.29 is 14.3 Å². The second-order valence-electron chi connectivity index (χ2n) is 9.22. The molecule has 1 amide bonds. The zero-order valence-corrected chi connectivity index (χ0v) is 20.8. The maximum Gasteiger partial charge on any atom is 0.262 e. The van der Waals surface area contributed by atoms with Crippen molar-refractivity contribution in [1.82, 2.24) is 14.9 Å². The van der Waals surface area contributed by atoms with Crippen molar-refractivity contribution in [1.29, 1.82) is 0 Å². The molecule has 5 rings (SSSR count). The van der Waals surface area contributed by atoms with Crippen LogP contribution in [0.3, 0.4) is 0 Å². The molecule has 3 heterocycles. The number of nitrogens with zero attached hydrogens (tertiary/aromatic N) is 2. The highest BCUT2D eigenvalue weighted by Crippen LogP contribution is 2.34. The monoisotopic (exact) mass is 489 g/mol. The van der Waals surface area contributed by atoms with Crippen LogP contribution in [-0.4, -0.2) is 28.7 Å². The summed E-state index contributed by atoms with van der Waals surface area (Å²) in [6, 6.07) is 13.8. The Bertz CT molecular complexity index is 1450.